The second-order valence-electron chi connectivity index (χ2n) is 6.30. The number of aryl methyl sites for hydroxylation is 4. The van der Waals surface area contributed by atoms with E-state index in [1.54, 1.807) is 32.2 Å². The molecule has 0 fully saturated rings. The Kier molecular flexibility index (Phi) is 4.69. The normalized spacial score (nSPS) is 11.4. The zero-order chi connectivity index (χ0) is 18.9. The first-order valence-electron chi connectivity index (χ1n) is 8.10. The molecule has 3 rings (SSSR count). The van der Waals surface area contributed by atoms with Crippen molar-refractivity contribution in [1.29, 1.82) is 0 Å². The maximum absolute atomic E-state index is 12.5. The summed E-state index contributed by atoms with van der Waals surface area (Å²) in [5, 5.41) is 9.87. The van der Waals surface area contributed by atoms with E-state index in [2.05, 4.69) is 31.3 Å². The van der Waals surface area contributed by atoms with E-state index in [0.717, 1.165) is 22.5 Å². The molecule has 0 atom stereocenters. The molecule has 26 heavy (non-hydrogen) atoms. The number of rotatable bonds is 5. The monoisotopic (exact) mass is 371 g/mol. The highest BCUT2D eigenvalue weighted by molar-refractivity contribution is 7.92. The van der Waals surface area contributed by atoms with Crippen LogP contribution < -0.4 is 10.0 Å². The van der Waals surface area contributed by atoms with Gasteiger partial charge >= 0.3 is 0 Å². The number of aromatic nitrogens is 3. The molecule has 0 bridgehead atoms. The van der Waals surface area contributed by atoms with Gasteiger partial charge in [-0.1, -0.05) is 6.07 Å². The van der Waals surface area contributed by atoms with E-state index in [1.807, 2.05) is 26.0 Å². The molecule has 7 nitrogen and oxygen atoms in total. The molecule has 0 saturated carbocycles. The van der Waals surface area contributed by atoms with Crippen molar-refractivity contribution in [3.8, 4) is 0 Å². The fraction of sp³-hybridized carbons (Fsp3) is 0.222. The van der Waals surface area contributed by atoms with Gasteiger partial charge in [-0.3, -0.25) is 9.82 Å². The highest BCUT2D eigenvalue weighted by Gasteiger charge is 2.22. The average molecular weight is 371 g/mol. The van der Waals surface area contributed by atoms with E-state index >= 15 is 0 Å². The van der Waals surface area contributed by atoms with Crippen LogP contribution in [-0.4, -0.2) is 23.6 Å². The lowest BCUT2D eigenvalue weighted by molar-refractivity contribution is 0.600. The van der Waals surface area contributed by atoms with Crippen molar-refractivity contribution < 1.29 is 8.42 Å². The van der Waals surface area contributed by atoms with Crippen LogP contribution in [0.3, 0.4) is 0 Å². The third-order valence-corrected chi connectivity index (χ3v) is 5.46. The third kappa shape index (κ3) is 3.85. The van der Waals surface area contributed by atoms with Gasteiger partial charge in [-0.25, -0.2) is 13.4 Å². The Morgan fingerprint density at radius 2 is 1.65 bits per heavy atom. The van der Waals surface area contributed by atoms with E-state index < -0.39 is 10.0 Å². The van der Waals surface area contributed by atoms with Crippen LogP contribution in [0.4, 0.5) is 17.2 Å². The van der Waals surface area contributed by atoms with Gasteiger partial charge in [-0.15, -0.1) is 0 Å². The molecule has 2 aromatic heterocycles. The van der Waals surface area contributed by atoms with E-state index in [0.29, 0.717) is 11.4 Å². The summed E-state index contributed by atoms with van der Waals surface area (Å²) < 4.78 is 27.5. The Labute approximate surface area is 152 Å². The lowest BCUT2D eigenvalue weighted by atomic mass is 10.1. The van der Waals surface area contributed by atoms with Crippen LogP contribution in [0.1, 0.15) is 22.5 Å². The van der Waals surface area contributed by atoms with E-state index in [1.165, 1.54) is 0 Å². The van der Waals surface area contributed by atoms with Gasteiger partial charge in [-0.05, 0) is 63.1 Å². The number of aromatic amines is 1. The Hall–Kier alpha value is -2.87. The number of benzene rings is 1. The molecule has 0 unspecified atom stereocenters. The maximum atomic E-state index is 12.5. The minimum atomic E-state index is -3.74. The number of nitrogens with one attached hydrogen (secondary N) is 3. The Bertz CT molecular complexity index is 1000. The molecule has 2 heterocycles. The van der Waals surface area contributed by atoms with E-state index in [-0.39, 0.29) is 10.7 Å². The first kappa shape index (κ1) is 17.9. The Morgan fingerprint density at radius 3 is 2.19 bits per heavy atom. The van der Waals surface area contributed by atoms with E-state index in [4.69, 9.17) is 0 Å². The zero-order valence-electron chi connectivity index (χ0n) is 15.1. The van der Waals surface area contributed by atoms with Crippen LogP contribution in [0.25, 0.3) is 0 Å². The molecule has 0 spiro atoms. The highest BCUT2D eigenvalue weighted by Crippen LogP contribution is 2.22. The molecule has 3 aromatic rings. The summed E-state index contributed by atoms with van der Waals surface area (Å²) in [7, 11) is -3.74. The Balaban J connectivity index is 1.77. The van der Waals surface area contributed by atoms with Gasteiger partial charge in [0, 0.05) is 5.69 Å². The molecule has 0 amide bonds. The SMILES string of the molecule is Cc1cc(C)cc(Nc2ccc(NS(=O)(=O)c3c(C)n[nH]c3C)nc2)c1. The first-order valence-corrected chi connectivity index (χ1v) is 9.59. The minimum absolute atomic E-state index is 0.150. The predicted octanol–water partition coefficient (Wildman–Crippen LogP) is 3.58. The fourth-order valence-electron chi connectivity index (χ4n) is 2.87. The van der Waals surface area contributed by atoms with Crippen molar-refractivity contribution in [1.82, 2.24) is 15.2 Å². The fourth-order valence-corrected chi connectivity index (χ4v) is 4.25. The molecule has 0 saturated heterocycles. The second-order valence-corrected chi connectivity index (χ2v) is 7.92. The largest absolute Gasteiger partial charge is 0.354 e. The minimum Gasteiger partial charge on any atom is -0.354 e. The number of H-pyrrole nitrogens is 1. The number of pyridine rings is 1. The standard InChI is InChI=1S/C18H21N5O2S/c1-11-7-12(2)9-16(8-11)20-15-5-6-17(19-10-15)23-26(24,25)18-13(3)21-22-14(18)4/h5-10,20H,1-4H3,(H,19,23)(H,21,22). The van der Waals surface area contributed by atoms with Crippen molar-refractivity contribution in [2.24, 2.45) is 0 Å². The van der Waals surface area contributed by atoms with Crippen molar-refractivity contribution in [3.63, 3.8) is 0 Å². The summed E-state index contributed by atoms with van der Waals surface area (Å²) in [6.45, 7) is 7.38. The Morgan fingerprint density at radius 1 is 0.962 bits per heavy atom. The van der Waals surface area contributed by atoms with Gasteiger partial charge in [0.25, 0.3) is 10.0 Å². The smallest absolute Gasteiger partial charge is 0.266 e. The second kappa shape index (κ2) is 6.80. The summed E-state index contributed by atoms with van der Waals surface area (Å²) in [5.74, 6) is 0.246. The quantitative estimate of drug-likeness (QED) is 0.636. The van der Waals surface area contributed by atoms with Gasteiger partial charge in [0.05, 0.1) is 23.3 Å². The van der Waals surface area contributed by atoms with Crippen LogP contribution in [0.5, 0.6) is 0 Å². The zero-order valence-corrected chi connectivity index (χ0v) is 15.9. The molecular weight excluding hydrogens is 350 g/mol. The van der Waals surface area contributed by atoms with Crippen molar-refractivity contribution in [2.75, 3.05) is 10.0 Å². The molecule has 0 aliphatic heterocycles. The van der Waals surface area contributed by atoms with E-state index in [9.17, 15) is 8.42 Å². The van der Waals surface area contributed by atoms with Crippen LogP contribution in [0.2, 0.25) is 0 Å². The first-order chi connectivity index (χ1) is 12.2. The summed E-state index contributed by atoms with van der Waals surface area (Å²) in [4.78, 5) is 4.34. The van der Waals surface area contributed by atoms with Gasteiger partial charge < -0.3 is 5.32 Å². The molecule has 8 heteroatoms. The lowest BCUT2D eigenvalue weighted by Crippen LogP contribution is -2.15. The van der Waals surface area contributed by atoms with Gasteiger partial charge in [0.2, 0.25) is 0 Å². The molecule has 3 N–H and O–H groups in total. The summed E-state index contributed by atoms with van der Waals surface area (Å²) in [6.07, 6.45) is 1.59. The molecule has 0 radical (unpaired) electrons. The molecule has 0 aliphatic rings. The van der Waals surface area contributed by atoms with Gasteiger partial charge in [0.1, 0.15) is 10.7 Å². The van der Waals surface area contributed by atoms with Crippen LogP contribution in [-0.2, 0) is 10.0 Å². The molecule has 1 aromatic carbocycles. The van der Waals surface area contributed by atoms with Crippen molar-refractivity contribution in [3.05, 3.63) is 59.0 Å². The topological polar surface area (TPSA) is 99.8 Å². The summed E-state index contributed by atoms with van der Waals surface area (Å²) in [6, 6.07) is 9.56. The number of hydrogen-bond donors (Lipinski definition) is 3. The lowest BCUT2D eigenvalue weighted by Gasteiger charge is -2.10. The number of anilines is 3. The van der Waals surface area contributed by atoms with Crippen molar-refractivity contribution >= 4 is 27.2 Å². The van der Waals surface area contributed by atoms with Gasteiger partial charge in [0.15, 0.2) is 0 Å². The average Bonchev–Trinajstić information content (AvgIpc) is 2.87. The van der Waals surface area contributed by atoms with Crippen molar-refractivity contribution in [2.45, 2.75) is 32.6 Å². The summed E-state index contributed by atoms with van der Waals surface area (Å²) >= 11 is 0. The predicted molar refractivity (Wildman–Crippen MR) is 102 cm³/mol. The highest BCUT2D eigenvalue weighted by atomic mass is 32.2. The van der Waals surface area contributed by atoms with Crippen LogP contribution in [0, 0.1) is 27.7 Å². The number of sulfonamides is 1. The number of hydrogen-bond acceptors (Lipinski definition) is 5. The number of nitrogens with zero attached hydrogens (tertiary/aromatic N) is 2. The molecule has 0 aliphatic carbocycles. The molecular formula is C18H21N5O2S. The third-order valence-electron chi connectivity index (χ3n) is 3.84. The van der Waals surface area contributed by atoms with Crippen LogP contribution >= 0.6 is 0 Å². The maximum Gasteiger partial charge on any atom is 0.266 e. The summed E-state index contributed by atoms with van der Waals surface area (Å²) in [5.41, 5.74) is 4.97. The van der Waals surface area contributed by atoms with Gasteiger partial charge in [-0.2, -0.15) is 5.10 Å². The van der Waals surface area contributed by atoms with Crippen LogP contribution in [0.15, 0.2) is 41.4 Å². The molecule has 136 valence electrons.